The van der Waals surface area contributed by atoms with Crippen molar-refractivity contribution in [3.05, 3.63) is 35.9 Å². The lowest BCUT2D eigenvalue weighted by molar-refractivity contribution is -0.138. The Morgan fingerprint density at radius 2 is 1.85 bits per heavy atom. The summed E-state index contributed by atoms with van der Waals surface area (Å²) in [5.41, 5.74) is 7.25. The third-order valence-corrected chi connectivity index (χ3v) is 5.94. The summed E-state index contributed by atoms with van der Waals surface area (Å²) in [5.74, 6) is 0.760. The Balaban J connectivity index is 0.00000182. The van der Waals surface area contributed by atoms with Gasteiger partial charge in [0.2, 0.25) is 5.91 Å². The predicted octanol–water partition coefficient (Wildman–Crippen LogP) is 3.86. The molecule has 1 amide bonds. The second kappa shape index (κ2) is 11.3. The van der Waals surface area contributed by atoms with Crippen LogP contribution in [0.3, 0.4) is 0 Å². The van der Waals surface area contributed by atoms with Crippen molar-refractivity contribution < 1.29 is 4.79 Å². The third kappa shape index (κ3) is 6.35. The maximum absolute atomic E-state index is 13.0. The molecule has 0 spiro atoms. The van der Waals surface area contributed by atoms with Crippen molar-refractivity contribution in [3.8, 4) is 0 Å². The molecule has 0 bridgehead atoms. The highest BCUT2D eigenvalue weighted by Gasteiger charge is 2.38. The van der Waals surface area contributed by atoms with E-state index in [1.54, 1.807) is 0 Å². The highest BCUT2D eigenvalue weighted by molar-refractivity contribution is 5.86. The van der Waals surface area contributed by atoms with Crippen LogP contribution in [-0.4, -0.2) is 47.4 Å². The average molecular weight is 416 g/mol. The smallest absolute Gasteiger partial charge is 0.242 e. The second-order valence-corrected chi connectivity index (χ2v) is 7.94. The van der Waals surface area contributed by atoms with Gasteiger partial charge in [0.15, 0.2) is 0 Å². The summed E-state index contributed by atoms with van der Waals surface area (Å²) in [7, 11) is 0. The summed E-state index contributed by atoms with van der Waals surface area (Å²) in [5, 5.41) is 0. The normalized spacial score (nSPS) is 21.8. The maximum atomic E-state index is 13.0. The van der Waals surface area contributed by atoms with Gasteiger partial charge in [-0.05, 0) is 44.2 Å². The number of amides is 1. The molecule has 27 heavy (non-hydrogen) atoms. The molecule has 1 aliphatic heterocycles. The Bertz CT molecular complexity index is 564. The number of halogens is 2. The Morgan fingerprint density at radius 1 is 1.19 bits per heavy atom. The summed E-state index contributed by atoms with van der Waals surface area (Å²) < 4.78 is 0. The van der Waals surface area contributed by atoms with Gasteiger partial charge in [-0.2, -0.15) is 0 Å². The topological polar surface area (TPSA) is 49.6 Å². The number of rotatable bonds is 6. The third-order valence-electron chi connectivity index (χ3n) is 5.94. The zero-order valence-corrected chi connectivity index (χ0v) is 18.1. The lowest BCUT2D eigenvalue weighted by atomic mass is 9.81. The molecule has 1 atom stereocenters. The van der Waals surface area contributed by atoms with Gasteiger partial charge in [-0.25, -0.2) is 0 Å². The highest BCUT2D eigenvalue weighted by atomic mass is 35.5. The summed E-state index contributed by atoms with van der Waals surface area (Å²) in [4.78, 5) is 17.5. The van der Waals surface area contributed by atoms with E-state index in [0.29, 0.717) is 5.92 Å². The van der Waals surface area contributed by atoms with Gasteiger partial charge < -0.3 is 10.6 Å². The quantitative estimate of drug-likeness (QED) is 0.766. The summed E-state index contributed by atoms with van der Waals surface area (Å²) in [6, 6.07) is 10.7. The molecule has 3 rings (SSSR count). The standard InChI is InChI=1S/C21H33N3O.2ClH/c1-2-24(20(25)21(22)12-7-4-8-13-21)17-19-11-14-23(16-19)15-18-9-5-3-6-10-18;;/h3,5-6,9-10,19H,2,4,7-8,11-17,22H2,1H3;2*1H. The lowest BCUT2D eigenvalue weighted by Gasteiger charge is -2.37. The van der Waals surface area contributed by atoms with Gasteiger partial charge in [-0.15, -0.1) is 24.8 Å². The predicted molar refractivity (Wildman–Crippen MR) is 117 cm³/mol. The number of hydrogen-bond donors (Lipinski definition) is 1. The first kappa shape index (κ1) is 24.2. The molecule has 1 aromatic carbocycles. The van der Waals surface area contributed by atoms with Crippen LogP contribution in [0.2, 0.25) is 0 Å². The van der Waals surface area contributed by atoms with Crippen LogP contribution in [0.15, 0.2) is 30.3 Å². The molecule has 4 nitrogen and oxygen atoms in total. The Labute approximate surface area is 176 Å². The molecular formula is C21H35Cl2N3O. The molecule has 1 saturated heterocycles. The van der Waals surface area contributed by atoms with Gasteiger partial charge in [-0.1, -0.05) is 49.6 Å². The first-order valence-corrected chi connectivity index (χ1v) is 9.95. The van der Waals surface area contributed by atoms with Crippen LogP contribution in [0.5, 0.6) is 0 Å². The molecule has 0 radical (unpaired) electrons. The van der Waals surface area contributed by atoms with Crippen LogP contribution in [0.4, 0.5) is 0 Å². The van der Waals surface area contributed by atoms with Crippen molar-refractivity contribution in [1.29, 1.82) is 0 Å². The molecule has 1 unspecified atom stereocenters. The van der Waals surface area contributed by atoms with E-state index in [4.69, 9.17) is 5.73 Å². The molecular weight excluding hydrogens is 381 g/mol. The van der Waals surface area contributed by atoms with E-state index in [2.05, 4.69) is 42.2 Å². The molecule has 1 aliphatic carbocycles. The number of carbonyl (C=O) groups is 1. The number of nitrogens with zero attached hydrogens (tertiary/aromatic N) is 2. The summed E-state index contributed by atoms with van der Waals surface area (Å²) in [6.45, 7) is 6.93. The minimum atomic E-state index is -0.601. The van der Waals surface area contributed by atoms with Crippen molar-refractivity contribution in [2.45, 2.75) is 57.5 Å². The number of benzene rings is 1. The van der Waals surface area contributed by atoms with Crippen LogP contribution >= 0.6 is 24.8 Å². The molecule has 1 saturated carbocycles. The van der Waals surface area contributed by atoms with Crippen molar-refractivity contribution >= 4 is 30.7 Å². The van der Waals surface area contributed by atoms with Gasteiger partial charge in [-0.3, -0.25) is 9.69 Å². The summed E-state index contributed by atoms with van der Waals surface area (Å²) >= 11 is 0. The molecule has 6 heteroatoms. The van der Waals surface area contributed by atoms with Gasteiger partial charge in [0, 0.05) is 26.2 Å². The zero-order chi connectivity index (χ0) is 17.7. The molecule has 2 fully saturated rings. The SMILES string of the molecule is CCN(CC1CCN(Cc2ccccc2)C1)C(=O)C1(N)CCCCC1.Cl.Cl. The second-order valence-electron chi connectivity index (χ2n) is 7.94. The van der Waals surface area contributed by atoms with Crippen LogP contribution in [-0.2, 0) is 11.3 Å². The van der Waals surface area contributed by atoms with E-state index in [1.165, 1.54) is 18.4 Å². The Hall–Kier alpha value is -0.810. The van der Waals surface area contributed by atoms with Crippen LogP contribution in [0, 0.1) is 5.92 Å². The molecule has 0 aromatic heterocycles. The Kier molecular flexibility index (Phi) is 10.1. The zero-order valence-electron chi connectivity index (χ0n) is 16.4. The minimum absolute atomic E-state index is 0. The van der Waals surface area contributed by atoms with Gasteiger partial charge in [0.05, 0.1) is 5.54 Å². The van der Waals surface area contributed by atoms with Crippen molar-refractivity contribution in [3.63, 3.8) is 0 Å². The van der Waals surface area contributed by atoms with E-state index < -0.39 is 5.54 Å². The van der Waals surface area contributed by atoms with Crippen molar-refractivity contribution in [1.82, 2.24) is 9.80 Å². The first-order valence-electron chi connectivity index (χ1n) is 9.95. The average Bonchev–Trinajstić information content (AvgIpc) is 3.07. The van der Waals surface area contributed by atoms with Gasteiger partial charge >= 0.3 is 0 Å². The summed E-state index contributed by atoms with van der Waals surface area (Å²) in [6.07, 6.45) is 6.28. The van der Waals surface area contributed by atoms with E-state index in [1.807, 2.05) is 4.90 Å². The minimum Gasteiger partial charge on any atom is -0.341 e. The van der Waals surface area contributed by atoms with E-state index >= 15 is 0 Å². The van der Waals surface area contributed by atoms with Crippen LogP contribution < -0.4 is 5.73 Å². The van der Waals surface area contributed by atoms with Crippen LogP contribution in [0.25, 0.3) is 0 Å². The highest BCUT2D eigenvalue weighted by Crippen LogP contribution is 2.29. The van der Waals surface area contributed by atoms with Crippen molar-refractivity contribution in [2.75, 3.05) is 26.2 Å². The lowest BCUT2D eigenvalue weighted by Crippen LogP contribution is -2.57. The number of likely N-dealkylation sites (tertiary alicyclic amines) is 1. The number of carbonyl (C=O) groups excluding carboxylic acids is 1. The number of hydrogen-bond acceptors (Lipinski definition) is 3. The largest absolute Gasteiger partial charge is 0.341 e. The Morgan fingerprint density at radius 3 is 2.48 bits per heavy atom. The molecule has 1 heterocycles. The fourth-order valence-electron chi connectivity index (χ4n) is 4.43. The number of likely N-dealkylation sites (N-methyl/N-ethyl adjacent to an activating group) is 1. The molecule has 2 N–H and O–H groups in total. The molecule has 154 valence electrons. The monoisotopic (exact) mass is 415 g/mol. The first-order chi connectivity index (χ1) is 12.1. The van der Waals surface area contributed by atoms with Gasteiger partial charge in [0.1, 0.15) is 0 Å². The van der Waals surface area contributed by atoms with E-state index in [-0.39, 0.29) is 30.7 Å². The van der Waals surface area contributed by atoms with Crippen LogP contribution in [0.1, 0.15) is 51.0 Å². The van der Waals surface area contributed by atoms with Gasteiger partial charge in [0.25, 0.3) is 0 Å². The van der Waals surface area contributed by atoms with Crippen molar-refractivity contribution in [2.24, 2.45) is 11.7 Å². The maximum Gasteiger partial charge on any atom is 0.242 e. The molecule has 1 aromatic rings. The number of nitrogens with two attached hydrogens (primary N) is 1. The van der Waals surface area contributed by atoms with E-state index in [9.17, 15) is 4.79 Å². The molecule has 2 aliphatic rings. The van der Waals surface area contributed by atoms with E-state index in [0.717, 1.165) is 58.4 Å². The fraction of sp³-hybridized carbons (Fsp3) is 0.667. The fourth-order valence-corrected chi connectivity index (χ4v) is 4.43.